The third kappa shape index (κ3) is 2.62. The van der Waals surface area contributed by atoms with Crippen molar-refractivity contribution >= 4 is 17.7 Å². The Balaban J connectivity index is 1.27. The highest BCUT2D eigenvalue weighted by molar-refractivity contribution is 6.05. The van der Waals surface area contributed by atoms with Gasteiger partial charge in [0.1, 0.15) is 6.04 Å². The van der Waals surface area contributed by atoms with Crippen molar-refractivity contribution in [3.63, 3.8) is 0 Å². The van der Waals surface area contributed by atoms with Crippen LogP contribution in [-0.2, 0) is 22.7 Å². The lowest BCUT2D eigenvalue weighted by Crippen LogP contribution is -2.52. The van der Waals surface area contributed by atoms with Crippen molar-refractivity contribution in [3.8, 4) is 0 Å². The molecule has 4 unspecified atom stereocenters. The molecule has 136 valence electrons. The van der Waals surface area contributed by atoms with Crippen LogP contribution in [0.1, 0.15) is 40.7 Å². The molecular formula is C19H22N4O3. The number of imide groups is 1. The summed E-state index contributed by atoms with van der Waals surface area (Å²) in [5.41, 5.74) is 2.79. The molecule has 1 saturated carbocycles. The van der Waals surface area contributed by atoms with E-state index in [2.05, 4.69) is 22.0 Å². The van der Waals surface area contributed by atoms with Crippen molar-refractivity contribution in [1.29, 1.82) is 0 Å². The zero-order valence-corrected chi connectivity index (χ0v) is 14.5. The Kier molecular flexibility index (Phi) is 3.62. The van der Waals surface area contributed by atoms with Gasteiger partial charge in [-0.05, 0) is 36.0 Å². The Bertz CT molecular complexity index is 808. The minimum Gasteiger partial charge on any atom is -0.322 e. The minimum atomic E-state index is -0.550. The number of hydrogen-bond donors (Lipinski definition) is 3. The summed E-state index contributed by atoms with van der Waals surface area (Å²) in [6, 6.07) is 6.63. The van der Waals surface area contributed by atoms with Crippen LogP contribution in [0.3, 0.4) is 0 Å². The fraction of sp³-hybridized carbons (Fsp3) is 0.526. The average molecular weight is 354 g/mol. The highest BCUT2D eigenvalue weighted by Crippen LogP contribution is 2.38. The molecule has 0 aromatic heterocycles. The van der Waals surface area contributed by atoms with Gasteiger partial charge in [-0.25, -0.2) is 0 Å². The maximum Gasteiger partial charge on any atom is 0.255 e. The number of hydrogen-bond acceptors (Lipinski definition) is 5. The molecule has 26 heavy (non-hydrogen) atoms. The summed E-state index contributed by atoms with van der Waals surface area (Å²) < 4.78 is 0. The van der Waals surface area contributed by atoms with E-state index in [4.69, 9.17) is 0 Å². The first-order valence-electron chi connectivity index (χ1n) is 9.33. The first kappa shape index (κ1) is 16.0. The molecular weight excluding hydrogens is 332 g/mol. The van der Waals surface area contributed by atoms with Gasteiger partial charge in [0.15, 0.2) is 0 Å². The number of carbonyl (C=O) groups is 3. The van der Waals surface area contributed by atoms with Crippen LogP contribution in [0.2, 0.25) is 0 Å². The highest BCUT2D eigenvalue weighted by atomic mass is 16.2. The van der Waals surface area contributed by atoms with Crippen molar-refractivity contribution in [2.75, 3.05) is 6.54 Å². The van der Waals surface area contributed by atoms with Crippen molar-refractivity contribution in [2.24, 2.45) is 5.92 Å². The number of amides is 3. The molecule has 0 spiro atoms. The third-order valence-corrected chi connectivity index (χ3v) is 6.11. The Morgan fingerprint density at radius 2 is 2.12 bits per heavy atom. The first-order chi connectivity index (χ1) is 12.6. The molecule has 0 bridgehead atoms. The molecule has 2 saturated heterocycles. The standard InChI is InChI=1S/C19H22N4O3/c24-17-4-3-16(18(25)22-17)23-9-11-5-10(1-2-12(11)19(23)26)7-20-15-8-21-14-6-13(14)15/h1-2,5,13-16,20-21H,3-4,6-9H2,(H,22,24,25). The number of rotatable bonds is 4. The van der Waals surface area contributed by atoms with E-state index in [1.807, 2.05) is 12.1 Å². The second-order valence-electron chi connectivity index (χ2n) is 7.79. The van der Waals surface area contributed by atoms with Gasteiger partial charge in [-0.2, -0.15) is 0 Å². The Morgan fingerprint density at radius 3 is 2.85 bits per heavy atom. The fourth-order valence-corrected chi connectivity index (χ4v) is 4.53. The van der Waals surface area contributed by atoms with Crippen LogP contribution in [0.5, 0.6) is 0 Å². The molecule has 3 N–H and O–H groups in total. The lowest BCUT2D eigenvalue weighted by atomic mass is 10.0. The SMILES string of the molecule is O=C1CCC(N2Cc3cc(CNC4CNC5CC45)ccc3C2=O)C(=O)N1. The van der Waals surface area contributed by atoms with Crippen LogP contribution in [0, 0.1) is 5.92 Å². The lowest BCUT2D eigenvalue weighted by Gasteiger charge is -2.29. The van der Waals surface area contributed by atoms with E-state index >= 15 is 0 Å². The lowest BCUT2D eigenvalue weighted by molar-refractivity contribution is -0.136. The molecule has 7 nitrogen and oxygen atoms in total. The molecule has 7 heteroatoms. The van der Waals surface area contributed by atoms with E-state index in [9.17, 15) is 14.4 Å². The van der Waals surface area contributed by atoms with E-state index < -0.39 is 6.04 Å². The number of nitrogens with zero attached hydrogens (tertiary/aromatic N) is 1. The summed E-state index contributed by atoms with van der Waals surface area (Å²) in [7, 11) is 0. The molecule has 4 aliphatic rings. The van der Waals surface area contributed by atoms with Crippen LogP contribution >= 0.6 is 0 Å². The first-order valence-corrected chi connectivity index (χ1v) is 9.33. The molecule has 4 atom stereocenters. The molecule has 0 radical (unpaired) electrons. The van der Waals surface area contributed by atoms with Gasteiger partial charge in [-0.15, -0.1) is 0 Å². The van der Waals surface area contributed by atoms with Crippen molar-refractivity contribution in [2.45, 2.75) is 50.5 Å². The molecule has 5 rings (SSSR count). The molecule has 1 aromatic rings. The van der Waals surface area contributed by atoms with Crippen molar-refractivity contribution in [1.82, 2.24) is 20.9 Å². The summed E-state index contributed by atoms with van der Waals surface area (Å²) in [5.74, 6) is 0.0314. The van der Waals surface area contributed by atoms with Gasteiger partial charge in [0, 0.05) is 43.7 Å². The molecule has 3 heterocycles. The summed E-state index contributed by atoms with van der Waals surface area (Å²) in [6.07, 6.45) is 1.95. The highest BCUT2D eigenvalue weighted by Gasteiger charge is 2.47. The predicted molar refractivity (Wildman–Crippen MR) is 93.0 cm³/mol. The second kappa shape index (κ2) is 5.89. The van der Waals surface area contributed by atoms with Gasteiger partial charge in [0.05, 0.1) is 0 Å². The summed E-state index contributed by atoms with van der Waals surface area (Å²) in [5, 5.41) is 9.45. The van der Waals surface area contributed by atoms with Crippen LogP contribution in [0.25, 0.3) is 0 Å². The van der Waals surface area contributed by atoms with Crippen LogP contribution in [0.4, 0.5) is 0 Å². The van der Waals surface area contributed by atoms with E-state index in [1.54, 1.807) is 4.90 Å². The number of carbonyl (C=O) groups excluding carboxylic acids is 3. The summed E-state index contributed by atoms with van der Waals surface area (Å²) >= 11 is 0. The molecule has 1 aromatic carbocycles. The quantitative estimate of drug-likeness (QED) is 0.657. The largest absolute Gasteiger partial charge is 0.322 e. The van der Waals surface area contributed by atoms with Gasteiger partial charge in [-0.3, -0.25) is 19.7 Å². The Hall–Kier alpha value is -2.25. The zero-order chi connectivity index (χ0) is 17.8. The second-order valence-corrected chi connectivity index (χ2v) is 7.79. The Morgan fingerprint density at radius 1 is 1.23 bits per heavy atom. The average Bonchev–Trinajstić information content (AvgIpc) is 3.19. The summed E-state index contributed by atoms with van der Waals surface area (Å²) in [6.45, 7) is 2.25. The number of nitrogens with one attached hydrogen (secondary N) is 3. The molecule has 3 aliphatic heterocycles. The molecule has 1 aliphatic carbocycles. The van der Waals surface area contributed by atoms with E-state index in [0.29, 0.717) is 30.6 Å². The topological polar surface area (TPSA) is 90.5 Å². The van der Waals surface area contributed by atoms with Gasteiger partial charge < -0.3 is 15.5 Å². The maximum absolute atomic E-state index is 12.7. The fourth-order valence-electron chi connectivity index (χ4n) is 4.53. The Labute approximate surface area is 151 Å². The van der Waals surface area contributed by atoms with Crippen LogP contribution < -0.4 is 16.0 Å². The third-order valence-electron chi connectivity index (χ3n) is 6.11. The van der Waals surface area contributed by atoms with Crippen LogP contribution in [-0.4, -0.2) is 47.3 Å². The van der Waals surface area contributed by atoms with E-state index in [1.165, 1.54) is 6.42 Å². The van der Waals surface area contributed by atoms with E-state index in [-0.39, 0.29) is 24.1 Å². The number of benzene rings is 1. The van der Waals surface area contributed by atoms with Gasteiger partial charge in [0.25, 0.3) is 5.91 Å². The van der Waals surface area contributed by atoms with Crippen molar-refractivity contribution in [3.05, 3.63) is 34.9 Å². The van der Waals surface area contributed by atoms with E-state index in [0.717, 1.165) is 30.1 Å². The minimum absolute atomic E-state index is 0.116. The predicted octanol–water partition coefficient (Wildman–Crippen LogP) is -0.102. The number of piperidine rings is 2. The van der Waals surface area contributed by atoms with Crippen LogP contribution in [0.15, 0.2) is 18.2 Å². The van der Waals surface area contributed by atoms with Gasteiger partial charge >= 0.3 is 0 Å². The maximum atomic E-state index is 12.7. The molecule has 3 amide bonds. The monoisotopic (exact) mass is 354 g/mol. The smallest absolute Gasteiger partial charge is 0.255 e. The van der Waals surface area contributed by atoms with Gasteiger partial charge in [-0.1, -0.05) is 12.1 Å². The summed E-state index contributed by atoms with van der Waals surface area (Å²) in [4.78, 5) is 37.7. The van der Waals surface area contributed by atoms with Gasteiger partial charge in [0.2, 0.25) is 11.8 Å². The molecule has 3 fully saturated rings. The number of fused-ring (bicyclic) bond motifs is 2. The van der Waals surface area contributed by atoms with Crippen molar-refractivity contribution < 1.29 is 14.4 Å². The normalized spacial score (nSPS) is 32.5. The zero-order valence-electron chi connectivity index (χ0n) is 14.5.